The number of carbonyl (C=O) groups excluding carboxylic acids is 1. The topological polar surface area (TPSA) is 44.1 Å². The Kier molecular flexibility index (Phi) is 5.27. The molecule has 17 heavy (non-hydrogen) atoms. The summed E-state index contributed by atoms with van der Waals surface area (Å²) in [6.45, 7) is 0.441. The molecule has 0 N–H and O–H groups in total. The van der Waals surface area contributed by atoms with E-state index >= 15 is 0 Å². The number of halogens is 2. The molecule has 1 aromatic carbocycles. The second kappa shape index (κ2) is 6.48. The normalized spacial score (nSPS) is 9.76. The Labute approximate surface area is 111 Å². The van der Waals surface area contributed by atoms with Crippen LogP contribution in [0.4, 0.5) is 0 Å². The molecular weight excluding hydrogens is 259 g/mol. The Hall–Kier alpha value is -1.24. The number of benzene rings is 1. The standard InChI is InChI=1S/C12H12Cl2N2O/c1-16(6-2-5-15)12(17)8-9-3-4-10(13)11(14)7-9/h3-4,7H,2,6,8H2,1H3. The van der Waals surface area contributed by atoms with E-state index < -0.39 is 0 Å². The van der Waals surface area contributed by atoms with Crippen molar-refractivity contribution < 1.29 is 4.79 Å². The first-order valence-corrected chi connectivity index (χ1v) is 5.85. The van der Waals surface area contributed by atoms with Gasteiger partial charge in [0.1, 0.15) is 0 Å². The van der Waals surface area contributed by atoms with Gasteiger partial charge in [0.2, 0.25) is 5.91 Å². The molecule has 0 saturated heterocycles. The molecule has 1 rings (SSSR count). The maximum absolute atomic E-state index is 11.8. The van der Waals surface area contributed by atoms with Crippen molar-refractivity contribution in [1.82, 2.24) is 4.90 Å². The number of amides is 1. The number of nitrogens with zero attached hydrogens (tertiary/aromatic N) is 2. The molecule has 5 heteroatoms. The van der Waals surface area contributed by atoms with Gasteiger partial charge in [-0.1, -0.05) is 29.3 Å². The predicted molar refractivity (Wildman–Crippen MR) is 68.0 cm³/mol. The van der Waals surface area contributed by atoms with Crippen LogP contribution in [0.15, 0.2) is 18.2 Å². The average molecular weight is 271 g/mol. The van der Waals surface area contributed by atoms with E-state index in [0.717, 1.165) is 5.56 Å². The largest absolute Gasteiger partial charge is 0.344 e. The van der Waals surface area contributed by atoms with Gasteiger partial charge < -0.3 is 4.90 Å². The van der Waals surface area contributed by atoms with E-state index in [-0.39, 0.29) is 12.3 Å². The number of likely N-dealkylation sites (N-methyl/N-ethyl adjacent to an activating group) is 1. The Balaban J connectivity index is 2.62. The maximum atomic E-state index is 11.8. The number of nitriles is 1. The lowest BCUT2D eigenvalue weighted by Gasteiger charge is -2.15. The number of hydrogen-bond acceptors (Lipinski definition) is 2. The third-order valence-corrected chi connectivity index (χ3v) is 3.06. The Bertz CT molecular complexity index is 454. The van der Waals surface area contributed by atoms with Crippen LogP contribution in [0.2, 0.25) is 10.0 Å². The van der Waals surface area contributed by atoms with E-state index in [0.29, 0.717) is 23.0 Å². The van der Waals surface area contributed by atoms with E-state index in [1.807, 2.05) is 6.07 Å². The molecule has 0 aliphatic carbocycles. The van der Waals surface area contributed by atoms with E-state index in [4.69, 9.17) is 28.5 Å². The molecule has 0 spiro atoms. The summed E-state index contributed by atoms with van der Waals surface area (Å²) in [5.41, 5.74) is 0.813. The Morgan fingerprint density at radius 3 is 2.71 bits per heavy atom. The van der Waals surface area contributed by atoms with Crippen LogP contribution in [0.5, 0.6) is 0 Å². The molecule has 0 unspecified atom stereocenters. The van der Waals surface area contributed by atoms with Crippen molar-refractivity contribution in [2.24, 2.45) is 0 Å². The van der Waals surface area contributed by atoms with Crippen LogP contribution in [0, 0.1) is 11.3 Å². The van der Waals surface area contributed by atoms with E-state index in [9.17, 15) is 4.79 Å². The summed E-state index contributed by atoms with van der Waals surface area (Å²) in [6, 6.07) is 7.12. The molecule has 0 heterocycles. The number of rotatable bonds is 4. The van der Waals surface area contributed by atoms with Crippen molar-refractivity contribution in [3.63, 3.8) is 0 Å². The summed E-state index contributed by atoms with van der Waals surface area (Å²) in [5, 5.41) is 9.35. The highest BCUT2D eigenvalue weighted by Gasteiger charge is 2.10. The Morgan fingerprint density at radius 1 is 1.41 bits per heavy atom. The molecule has 3 nitrogen and oxygen atoms in total. The molecule has 0 fully saturated rings. The van der Waals surface area contributed by atoms with Gasteiger partial charge in [-0.05, 0) is 17.7 Å². The average Bonchev–Trinajstić information content (AvgIpc) is 2.30. The molecule has 1 aromatic rings. The highest BCUT2D eigenvalue weighted by atomic mass is 35.5. The maximum Gasteiger partial charge on any atom is 0.226 e. The van der Waals surface area contributed by atoms with Gasteiger partial charge in [-0.25, -0.2) is 0 Å². The van der Waals surface area contributed by atoms with Crippen LogP contribution < -0.4 is 0 Å². The van der Waals surface area contributed by atoms with Gasteiger partial charge >= 0.3 is 0 Å². The molecule has 0 saturated carbocycles. The summed E-state index contributed by atoms with van der Waals surface area (Å²) in [6.07, 6.45) is 0.600. The summed E-state index contributed by atoms with van der Waals surface area (Å²) >= 11 is 11.6. The Morgan fingerprint density at radius 2 is 2.12 bits per heavy atom. The molecular formula is C12H12Cl2N2O. The first-order valence-electron chi connectivity index (χ1n) is 5.09. The zero-order valence-corrected chi connectivity index (χ0v) is 10.9. The summed E-state index contributed by atoms with van der Waals surface area (Å²) < 4.78 is 0. The minimum absolute atomic E-state index is 0.0429. The van der Waals surface area contributed by atoms with Crippen molar-refractivity contribution in [3.05, 3.63) is 33.8 Å². The molecule has 0 aliphatic rings. The third-order valence-electron chi connectivity index (χ3n) is 2.32. The van der Waals surface area contributed by atoms with Crippen LogP contribution in [-0.4, -0.2) is 24.4 Å². The molecule has 0 aromatic heterocycles. The van der Waals surface area contributed by atoms with E-state index in [1.54, 1.807) is 25.2 Å². The number of hydrogen-bond donors (Lipinski definition) is 0. The molecule has 0 aliphatic heterocycles. The van der Waals surface area contributed by atoms with Crippen molar-refractivity contribution in [1.29, 1.82) is 5.26 Å². The zero-order valence-electron chi connectivity index (χ0n) is 9.41. The highest BCUT2D eigenvalue weighted by molar-refractivity contribution is 6.42. The summed E-state index contributed by atoms with van der Waals surface area (Å²) in [7, 11) is 1.68. The van der Waals surface area contributed by atoms with Gasteiger partial charge in [0.05, 0.1) is 29.0 Å². The van der Waals surface area contributed by atoms with E-state index in [2.05, 4.69) is 0 Å². The zero-order chi connectivity index (χ0) is 12.8. The van der Waals surface area contributed by atoms with Crippen molar-refractivity contribution in [3.8, 4) is 6.07 Å². The van der Waals surface area contributed by atoms with Crippen LogP contribution in [0.1, 0.15) is 12.0 Å². The third kappa shape index (κ3) is 4.26. The van der Waals surface area contributed by atoms with Crippen LogP contribution >= 0.6 is 23.2 Å². The molecule has 90 valence electrons. The van der Waals surface area contributed by atoms with Crippen molar-refractivity contribution >= 4 is 29.1 Å². The SMILES string of the molecule is CN(CCC#N)C(=O)Cc1ccc(Cl)c(Cl)c1. The fourth-order valence-electron chi connectivity index (χ4n) is 1.30. The minimum atomic E-state index is -0.0429. The smallest absolute Gasteiger partial charge is 0.226 e. The van der Waals surface area contributed by atoms with Crippen LogP contribution in [-0.2, 0) is 11.2 Å². The first kappa shape index (κ1) is 13.8. The van der Waals surface area contributed by atoms with Gasteiger partial charge in [0, 0.05) is 13.6 Å². The van der Waals surface area contributed by atoms with Crippen molar-refractivity contribution in [2.75, 3.05) is 13.6 Å². The second-order valence-electron chi connectivity index (χ2n) is 3.65. The number of carbonyl (C=O) groups is 1. The molecule has 0 radical (unpaired) electrons. The van der Waals surface area contributed by atoms with Gasteiger partial charge in [0.25, 0.3) is 0 Å². The first-order chi connectivity index (χ1) is 8.04. The lowest BCUT2D eigenvalue weighted by Crippen LogP contribution is -2.28. The summed E-state index contributed by atoms with van der Waals surface area (Å²) in [5.74, 6) is -0.0429. The minimum Gasteiger partial charge on any atom is -0.344 e. The fourth-order valence-corrected chi connectivity index (χ4v) is 1.62. The summed E-state index contributed by atoms with van der Waals surface area (Å²) in [4.78, 5) is 13.3. The predicted octanol–water partition coefficient (Wildman–Crippen LogP) is 2.91. The van der Waals surface area contributed by atoms with Gasteiger partial charge in [0.15, 0.2) is 0 Å². The lowest BCUT2D eigenvalue weighted by molar-refractivity contribution is -0.129. The quantitative estimate of drug-likeness (QED) is 0.845. The van der Waals surface area contributed by atoms with Gasteiger partial charge in [-0.15, -0.1) is 0 Å². The lowest BCUT2D eigenvalue weighted by atomic mass is 10.1. The van der Waals surface area contributed by atoms with Crippen molar-refractivity contribution in [2.45, 2.75) is 12.8 Å². The van der Waals surface area contributed by atoms with Gasteiger partial charge in [-0.3, -0.25) is 4.79 Å². The van der Waals surface area contributed by atoms with E-state index in [1.165, 1.54) is 4.90 Å². The van der Waals surface area contributed by atoms with Crippen LogP contribution in [0.3, 0.4) is 0 Å². The van der Waals surface area contributed by atoms with Crippen LogP contribution in [0.25, 0.3) is 0 Å². The highest BCUT2D eigenvalue weighted by Crippen LogP contribution is 2.22. The molecule has 1 amide bonds. The molecule has 0 bridgehead atoms. The second-order valence-corrected chi connectivity index (χ2v) is 4.46. The molecule has 0 atom stereocenters. The fraction of sp³-hybridized carbons (Fsp3) is 0.333. The monoisotopic (exact) mass is 270 g/mol. The van der Waals surface area contributed by atoms with Gasteiger partial charge in [-0.2, -0.15) is 5.26 Å².